The summed E-state index contributed by atoms with van der Waals surface area (Å²) in [4.78, 5) is 4.30. The maximum absolute atomic E-state index is 13.8. The molecule has 0 spiro atoms. The average molecular weight is 245 g/mol. The Bertz CT molecular complexity index is 534. The highest BCUT2D eigenvalue weighted by Crippen LogP contribution is 2.24. The summed E-state index contributed by atoms with van der Waals surface area (Å²) in [6.45, 7) is 3.82. The molecule has 0 fully saturated rings. The van der Waals surface area contributed by atoms with Gasteiger partial charge in [0.15, 0.2) is 0 Å². The molecule has 0 radical (unpaired) electrons. The Hall–Kier alpha value is -1.78. The second-order valence-corrected chi connectivity index (χ2v) is 4.30. The summed E-state index contributed by atoms with van der Waals surface area (Å²) in [5.74, 6) is 5.30. The third kappa shape index (κ3) is 2.55. The zero-order chi connectivity index (χ0) is 13.1. The molecule has 3 nitrogen and oxygen atoms in total. The molecule has 0 aliphatic carbocycles. The molecular weight excluding hydrogens is 229 g/mol. The Morgan fingerprint density at radius 3 is 2.33 bits per heavy atom. The van der Waals surface area contributed by atoms with Crippen molar-refractivity contribution in [1.29, 1.82) is 0 Å². The largest absolute Gasteiger partial charge is 0.271 e. The van der Waals surface area contributed by atoms with Crippen LogP contribution in [0.15, 0.2) is 36.4 Å². The van der Waals surface area contributed by atoms with Crippen molar-refractivity contribution in [2.75, 3.05) is 0 Å². The lowest BCUT2D eigenvalue weighted by molar-refractivity contribution is 0.559. The number of hydrogen-bond acceptors (Lipinski definition) is 3. The molecule has 0 aliphatic heterocycles. The van der Waals surface area contributed by atoms with Crippen molar-refractivity contribution in [1.82, 2.24) is 10.4 Å². The zero-order valence-electron chi connectivity index (χ0n) is 10.4. The summed E-state index contributed by atoms with van der Waals surface area (Å²) in [5.41, 5.74) is 5.89. The highest BCUT2D eigenvalue weighted by Gasteiger charge is 2.16. The van der Waals surface area contributed by atoms with E-state index >= 15 is 0 Å². The number of hydrazine groups is 1. The minimum absolute atomic E-state index is 0.271. The molecule has 4 heteroatoms. The summed E-state index contributed by atoms with van der Waals surface area (Å²) in [6.07, 6.45) is 0. The van der Waals surface area contributed by atoms with Gasteiger partial charge < -0.3 is 0 Å². The summed E-state index contributed by atoms with van der Waals surface area (Å²) >= 11 is 0. The summed E-state index contributed by atoms with van der Waals surface area (Å²) in [5, 5.41) is 0. The molecule has 0 aliphatic rings. The van der Waals surface area contributed by atoms with Crippen molar-refractivity contribution in [2.45, 2.75) is 19.9 Å². The van der Waals surface area contributed by atoms with Gasteiger partial charge in [-0.2, -0.15) is 0 Å². The predicted molar refractivity (Wildman–Crippen MR) is 69.3 cm³/mol. The van der Waals surface area contributed by atoms with Crippen molar-refractivity contribution >= 4 is 0 Å². The third-order valence-corrected chi connectivity index (χ3v) is 2.82. The Morgan fingerprint density at radius 1 is 1.17 bits per heavy atom. The van der Waals surface area contributed by atoms with E-state index in [-0.39, 0.29) is 11.9 Å². The van der Waals surface area contributed by atoms with Crippen LogP contribution in [0.1, 0.15) is 28.6 Å². The number of nitrogens with zero attached hydrogens (tertiary/aromatic N) is 1. The van der Waals surface area contributed by atoms with Crippen molar-refractivity contribution in [3.63, 3.8) is 0 Å². The number of pyridine rings is 1. The van der Waals surface area contributed by atoms with E-state index in [9.17, 15) is 4.39 Å². The lowest BCUT2D eigenvalue weighted by atomic mass is 9.98. The van der Waals surface area contributed by atoms with Gasteiger partial charge in [-0.05, 0) is 37.6 Å². The number of hydrogen-bond donors (Lipinski definition) is 2. The van der Waals surface area contributed by atoms with Crippen LogP contribution in [-0.4, -0.2) is 4.98 Å². The van der Waals surface area contributed by atoms with Crippen LogP contribution < -0.4 is 11.3 Å². The van der Waals surface area contributed by atoms with Crippen molar-refractivity contribution in [2.24, 2.45) is 5.84 Å². The average Bonchev–Trinajstić information content (AvgIpc) is 2.31. The molecule has 2 aromatic rings. The van der Waals surface area contributed by atoms with E-state index in [1.54, 1.807) is 18.2 Å². The molecular formula is C14H16FN3. The number of rotatable bonds is 3. The van der Waals surface area contributed by atoms with Crippen LogP contribution in [-0.2, 0) is 0 Å². The first kappa shape index (κ1) is 12.7. The van der Waals surface area contributed by atoms with Gasteiger partial charge in [0.1, 0.15) is 5.82 Å². The van der Waals surface area contributed by atoms with Crippen LogP contribution in [0, 0.1) is 19.7 Å². The summed E-state index contributed by atoms with van der Waals surface area (Å²) in [7, 11) is 0. The van der Waals surface area contributed by atoms with Crippen LogP contribution >= 0.6 is 0 Å². The van der Waals surface area contributed by atoms with Crippen LogP contribution in [0.2, 0.25) is 0 Å². The molecule has 1 aromatic heterocycles. The van der Waals surface area contributed by atoms with Gasteiger partial charge in [0, 0.05) is 17.0 Å². The van der Waals surface area contributed by atoms with Gasteiger partial charge in [0.05, 0.1) is 6.04 Å². The molecule has 1 unspecified atom stereocenters. The number of aromatic nitrogens is 1. The Kier molecular flexibility index (Phi) is 3.69. The molecule has 1 heterocycles. The summed E-state index contributed by atoms with van der Waals surface area (Å²) in [6, 6.07) is 10.1. The van der Waals surface area contributed by atoms with E-state index in [4.69, 9.17) is 5.84 Å². The first-order valence-electron chi connectivity index (χ1n) is 5.77. The van der Waals surface area contributed by atoms with Crippen LogP contribution in [0.3, 0.4) is 0 Å². The van der Waals surface area contributed by atoms with E-state index in [2.05, 4.69) is 10.4 Å². The molecule has 3 N–H and O–H groups in total. The quantitative estimate of drug-likeness (QED) is 0.645. The maximum Gasteiger partial charge on any atom is 0.128 e. The van der Waals surface area contributed by atoms with Crippen molar-refractivity contribution < 1.29 is 4.39 Å². The van der Waals surface area contributed by atoms with Crippen LogP contribution in [0.5, 0.6) is 0 Å². The highest BCUT2D eigenvalue weighted by atomic mass is 19.1. The topological polar surface area (TPSA) is 50.9 Å². The standard InChI is InChI=1S/C14H16FN3/c1-9-7-11(8-10(2)17-9)14(18-16)12-5-3-4-6-13(12)15/h3-8,14,18H,16H2,1-2H3. The number of benzene rings is 1. The minimum atomic E-state index is -0.369. The zero-order valence-corrected chi connectivity index (χ0v) is 10.4. The summed E-state index contributed by atoms with van der Waals surface area (Å²) < 4.78 is 13.8. The van der Waals surface area contributed by atoms with Gasteiger partial charge in [-0.3, -0.25) is 10.8 Å². The first-order chi connectivity index (χ1) is 8.61. The fourth-order valence-electron chi connectivity index (χ4n) is 2.11. The molecule has 1 aromatic carbocycles. The molecule has 0 saturated carbocycles. The molecule has 94 valence electrons. The predicted octanol–water partition coefficient (Wildman–Crippen LogP) is 2.39. The molecule has 18 heavy (non-hydrogen) atoms. The van der Waals surface area contributed by atoms with Gasteiger partial charge >= 0.3 is 0 Å². The van der Waals surface area contributed by atoms with Crippen molar-refractivity contribution in [3.8, 4) is 0 Å². The molecule has 1 atom stereocenters. The number of nitrogens with two attached hydrogens (primary N) is 1. The lowest BCUT2D eigenvalue weighted by Crippen LogP contribution is -2.29. The number of halogens is 1. The molecule has 0 amide bonds. The van der Waals surface area contributed by atoms with E-state index in [0.717, 1.165) is 17.0 Å². The van der Waals surface area contributed by atoms with Gasteiger partial charge in [-0.15, -0.1) is 0 Å². The fourth-order valence-corrected chi connectivity index (χ4v) is 2.11. The smallest absolute Gasteiger partial charge is 0.128 e. The normalized spacial score (nSPS) is 12.4. The van der Waals surface area contributed by atoms with Gasteiger partial charge in [0.25, 0.3) is 0 Å². The lowest BCUT2D eigenvalue weighted by Gasteiger charge is -2.18. The Balaban J connectivity index is 2.48. The Morgan fingerprint density at radius 2 is 1.78 bits per heavy atom. The van der Waals surface area contributed by atoms with E-state index in [0.29, 0.717) is 5.56 Å². The molecule has 2 rings (SSSR count). The fraction of sp³-hybridized carbons (Fsp3) is 0.214. The third-order valence-electron chi connectivity index (χ3n) is 2.82. The van der Waals surface area contributed by atoms with Crippen LogP contribution in [0.4, 0.5) is 4.39 Å². The van der Waals surface area contributed by atoms with Gasteiger partial charge in [-0.25, -0.2) is 9.82 Å². The SMILES string of the molecule is Cc1cc(C(NN)c2ccccc2F)cc(C)n1. The van der Waals surface area contributed by atoms with Gasteiger partial charge in [0.2, 0.25) is 0 Å². The van der Waals surface area contributed by atoms with E-state index < -0.39 is 0 Å². The Labute approximate surface area is 106 Å². The second-order valence-electron chi connectivity index (χ2n) is 4.30. The maximum atomic E-state index is 13.8. The second kappa shape index (κ2) is 5.25. The van der Waals surface area contributed by atoms with Crippen molar-refractivity contribution in [3.05, 3.63) is 64.7 Å². The van der Waals surface area contributed by atoms with E-state index in [1.165, 1.54) is 6.07 Å². The monoisotopic (exact) mass is 245 g/mol. The van der Waals surface area contributed by atoms with E-state index in [1.807, 2.05) is 26.0 Å². The van der Waals surface area contributed by atoms with Crippen LogP contribution in [0.25, 0.3) is 0 Å². The molecule has 0 saturated heterocycles. The molecule has 0 bridgehead atoms. The van der Waals surface area contributed by atoms with Gasteiger partial charge in [-0.1, -0.05) is 18.2 Å². The first-order valence-corrected chi connectivity index (χ1v) is 5.77. The number of aryl methyl sites for hydroxylation is 2. The number of nitrogens with one attached hydrogen (secondary N) is 1. The highest BCUT2D eigenvalue weighted by molar-refractivity contribution is 5.34. The minimum Gasteiger partial charge on any atom is -0.271 e.